The van der Waals surface area contributed by atoms with Crippen LogP contribution in [0, 0.1) is 6.92 Å². The minimum Gasteiger partial charge on any atom is -0.490 e. The Bertz CT molecular complexity index is 1380. The Labute approximate surface area is 230 Å². The third kappa shape index (κ3) is 8.04. The Balaban J connectivity index is 1.45. The van der Waals surface area contributed by atoms with E-state index in [9.17, 15) is 4.79 Å². The summed E-state index contributed by atoms with van der Waals surface area (Å²) in [5.41, 5.74) is 8.50. The molecule has 0 radical (unpaired) electrons. The van der Waals surface area contributed by atoms with E-state index in [0.717, 1.165) is 47.2 Å². The van der Waals surface area contributed by atoms with Crippen molar-refractivity contribution in [3.05, 3.63) is 71.7 Å². The van der Waals surface area contributed by atoms with E-state index in [-0.39, 0.29) is 24.0 Å². The van der Waals surface area contributed by atoms with Gasteiger partial charge in [-0.25, -0.2) is 0 Å². The highest BCUT2D eigenvalue weighted by Gasteiger charge is 2.20. The molecule has 1 fully saturated rings. The highest BCUT2D eigenvalue weighted by atomic mass is 16.5. The molecule has 2 aromatic carbocycles. The van der Waals surface area contributed by atoms with Crippen LogP contribution in [0.2, 0.25) is 0 Å². The molecule has 0 bridgehead atoms. The molecule has 1 aliphatic rings. The van der Waals surface area contributed by atoms with Gasteiger partial charge in [-0.3, -0.25) is 14.8 Å². The molecule has 2 atom stereocenters. The number of ether oxygens (including phenoxy) is 2. The summed E-state index contributed by atoms with van der Waals surface area (Å²) in [4.78, 5) is 21.5. The summed E-state index contributed by atoms with van der Waals surface area (Å²) in [6, 6.07) is 14.0. The average Bonchev–Trinajstić information content (AvgIpc) is 2.88. The van der Waals surface area contributed by atoms with Gasteiger partial charge in [-0.05, 0) is 95.5 Å². The third-order valence-electron chi connectivity index (χ3n) is 6.43. The molecule has 1 amide bonds. The Kier molecular flexibility index (Phi) is 8.86. The van der Waals surface area contributed by atoms with Crippen LogP contribution in [-0.4, -0.2) is 41.3 Å². The van der Waals surface area contributed by atoms with Crippen LogP contribution >= 0.6 is 0 Å². The summed E-state index contributed by atoms with van der Waals surface area (Å²) < 4.78 is 12.6. The van der Waals surface area contributed by atoms with Crippen molar-refractivity contribution in [2.75, 3.05) is 6.54 Å². The molecular weight excluding hydrogens is 490 g/mol. The smallest absolute Gasteiger partial charge is 0.228 e. The number of pyridine rings is 1. The fourth-order valence-electron chi connectivity index (χ4n) is 4.47. The zero-order valence-corrected chi connectivity index (χ0v) is 23.5. The number of carbonyl (C=O) groups is 1. The van der Waals surface area contributed by atoms with Gasteiger partial charge in [0.25, 0.3) is 0 Å². The maximum absolute atomic E-state index is 12.6. The van der Waals surface area contributed by atoms with Crippen molar-refractivity contribution in [2.45, 2.75) is 71.6 Å². The second-order valence-corrected chi connectivity index (χ2v) is 11.1. The van der Waals surface area contributed by atoms with Crippen LogP contribution in [0.3, 0.4) is 0 Å². The number of hydrogen-bond acceptors (Lipinski definition) is 7. The number of rotatable bonds is 8. The lowest BCUT2D eigenvalue weighted by atomic mass is 10.0. The number of hydrogen-bond donors (Lipinski definition) is 3. The molecule has 3 aromatic rings. The van der Waals surface area contributed by atoms with E-state index in [1.807, 2.05) is 70.2 Å². The molecule has 2 unspecified atom stereocenters. The zero-order valence-electron chi connectivity index (χ0n) is 23.5. The largest absolute Gasteiger partial charge is 0.490 e. The number of nitrogens with zero attached hydrogens (tertiary/aromatic N) is 2. The number of carbonyl (C=O) groups excluding carboxylic acids is 1. The molecule has 206 valence electrons. The molecule has 2 heterocycles. The van der Waals surface area contributed by atoms with E-state index in [4.69, 9.17) is 15.2 Å². The van der Waals surface area contributed by atoms with E-state index in [1.165, 1.54) is 6.20 Å². The summed E-state index contributed by atoms with van der Waals surface area (Å²) in [6.07, 6.45) is 7.03. The summed E-state index contributed by atoms with van der Waals surface area (Å²) in [7, 11) is 0. The van der Waals surface area contributed by atoms with E-state index in [0.29, 0.717) is 23.2 Å². The number of piperidine rings is 1. The van der Waals surface area contributed by atoms with Gasteiger partial charge in [0.05, 0.1) is 23.2 Å². The normalized spacial score (nSPS) is 18.3. The molecule has 8 heteroatoms. The van der Waals surface area contributed by atoms with Gasteiger partial charge in [0.1, 0.15) is 23.4 Å². The molecule has 1 aliphatic heterocycles. The molecule has 1 aromatic heterocycles. The van der Waals surface area contributed by atoms with Crippen LogP contribution < -0.4 is 25.8 Å². The summed E-state index contributed by atoms with van der Waals surface area (Å²) in [5, 5.41) is 7.16. The molecule has 0 saturated carbocycles. The first-order valence-corrected chi connectivity index (χ1v) is 13.4. The fraction of sp³-hybridized carbons (Fsp3) is 0.387. The number of aliphatic imine (C=N–C) groups is 1. The summed E-state index contributed by atoms with van der Waals surface area (Å²) in [6.45, 7) is 11.0. The lowest BCUT2D eigenvalue weighted by molar-refractivity contribution is -0.119. The molecule has 39 heavy (non-hydrogen) atoms. The van der Waals surface area contributed by atoms with Gasteiger partial charge >= 0.3 is 0 Å². The highest BCUT2D eigenvalue weighted by molar-refractivity contribution is 5.89. The first-order valence-electron chi connectivity index (χ1n) is 13.4. The van der Waals surface area contributed by atoms with Gasteiger partial charge in [-0.1, -0.05) is 12.1 Å². The third-order valence-corrected chi connectivity index (χ3v) is 6.43. The topological polar surface area (TPSA) is 111 Å². The molecule has 8 nitrogen and oxygen atoms in total. The van der Waals surface area contributed by atoms with Gasteiger partial charge < -0.3 is 25.8 Å². The highest BCUT2D eigenvalue weighted by Crippen LogP contribution is 2.33. The molecule has 4 rings (SSSR count). The Morgan fingerprint density at radius 1 is 1.21 bits per heavy atom. The minimum atomic E-state index is -0.257. The maximum Gasteiger partial charge on any atom is 0.228 e. The van der Waals surface area contributed by atoms with Crippen LogP contribution in [0.5, 0.6) is 17.2 Å². The van der Waals surface area contributed by atoms with E-state index in [1.54, 1.807) is 12.4 Å². The van der Waals surface area contributed by atoms with Gasteiger partial charge in [-0.2, -0.15) is 0 Å². The SMILES string of the molecule is Cc1cc(CC(=O)N/C(C=NC(C)(C)C)=C/N)ccc1Oc1ccnc2ccc(OC3CCNC(C)C3)cc12. The van der Waals surface area contributed by atoms with Crippen LogP contribution in [0.4, 0.5) is 0 Å². The number of nitrogens with two attached hydrogens (primary N) is 1. The van der Waals surface area contributed by atoms with E-state index >= 15 is 0 Å². The second-order valence-electron chi connectivity index (χ2n) is 11.1. The second kappa shape index (κ2) is 12.3. The molecule has 4 N–H and O–H groups in total. The van der Waals surface area contributed by atoms with Crippen molar-refractivity contribution in [3.63, 3.8) is 0 Å². The van der Waals surface area contributed by atoms with Gasteiger partial charge in [0.2, 0.25) is 5.91 Å². The predicted octanol–water partition coefficient (Wildman–Crippen LogP) is 5.18. The molecular formula is C31H39N5O3. The van der Waals surface area contributed by atoms with Crippen molar-refractivity contribution in [1.82, 2.24) is 15.6 Å². The van der Waals surface area contributed by atoms with Crippen molar-refractivity contribution < 1.29 is 14.3 Å². The Hall–Kier alpha value is -3.91. The quantitative estimate of drug-likeness (QED) is 0.347. The number of aromatic nitrogens is 1. The van der Waals surface area contributed by atoms with Crippen LogP contribution in [-0.2, 0) is 11.2 Å². The number of nitrogens with one attached hydrogen (secondary N) is 2. The van der Waals surface area contributed by atoms with Crippen molar-refractivity contribution in [1.29, 1.82) is 0 Å². The van der Waals surface area contributed by atoms with Gasteiger partial charge in [0.15, 0.2) is 0 Å². The van der Waals surface area contributed by atoms with Gasteiger partial charge in [-0.15, -0.1) is 0 Å². The standard InChI is InChI=1S/C31H39N5O3/c1-20-14-22(16-30(37)36-23(18-32)19-35-31(3,4)5)6-9-28(20)39-29-11-13-34-27-8-7-24(17-26(27)29)38-25-10-12-33-21(2)15-25/h6-9,11,13-14,17-19,21,25,33H,10,12,15-16,32H2,1-5H3,(H,36,37)/b23-18+,35-19?. The monoisotopic (exact) mass is 529 g/mol. The number of aryl methyl sites for hydroxylation is 1. The van der Waals surface area contributed by atoms with Crippen molar-refractivity contribution in [3.8, 4) is 17.2 Å². The predicted molar refractivity (Wildman–Crippen MR) is 156 cm³/mol. The first kappa shape index (κ1) is 28.1. The lowest BCUT2D eigenvalue weighted by Crippen LogP contribution is -2.40. The summed E-state index contributed by atoms with van der Waals surface area (Å²) in [5.74, 6) is 2.06. The Morgan fingerprint density at radius 3 is 2.74 bits per heavy atom. The minimum absolute atomic E-state index is 0.170. The molecule has 0 aliphatic carbocycles. The lowest BCUT2D eigenvalue weighted by Gasteiger charge is -2.28. The number of allylic oxidation sites excluding steroid dienone is 1. The zero-order chi connectivity index (χ0) is 28.0. The van der Waals surface area contributed by atoms with E-state index in [2.05, 4.69) is 27.5 Å². The molecule has 1 saturated heterocycles. The fourth-order valence-corrected chi connectivity index (χ4v) is 4.47. The maximum atomic E-state index is 12.6. The van der Waals surface area contributed by atoms with Crippen LogP contribution in [0.25, 0.3) is 10.9 Å². The average molecular weight is 530 g/mol. The summed E-state index contributed by atoms with van der Waals surface area (Å²) >= 11 is 0. The first-order chi connectivity index (χ1) is 18.6. The van der Waals surface area contributed by atoms with Crippen molar-refractivity contribution in [2.24, 2.45) is 10.7 Å². The van der Waals surface area contributed by atoms with Crippen LogP contribution in [0.15, 0.2) is 65.6 Å². The van der Waals surface area contributed by atoms with Crippen molar-refractivity contribution >= 4 is 23.0 Å². The van der Waals surface area contributed by atoms with E-state index < -0.39 is 0 Å². The van der Waals surface area contributed by atoms with Gasteiger partial charge in [0, 0.05) is 30.0 Å². The number of benzene rings is 2. The number of fused-ring (bicyclic) bond motifs is 1. The Morgan fingerprint density at radius 2 is 2.03 bits per heavy atom. The number of amides is 1. The molecule has 0 spiro atoms. The van der Waals surface area contributed by atoms with Crippen LogP contribution in [0.1, 0.15) is 51.7 Å².